The Morgan fingerprint density at radius 1 is 0.742 bits per heavy atom. The summed E-state index contributed by atoms with van der Waals surface area (Å²) in [6, 6.07) is 17.0. The SMILES string of the molecule is O=C(c1ccccc1S(=O)(=O)N1CCCCC1)N1CCCN(Cc2ccccc2)CC1. The normalized spacial score (nSPS) is 19.2. The zero-order valence-electron chi connectivity index (χ0n) is 17.9. The van der Waals surface area contributed by atoms with Crippen molar-refractivity contribution in [1.82, 2.24) is 14.1 Å². The third-order valence-corrected chi connectivity index (χ3v) is 8.13. The molecule has 2 saturated heterocycles. The molecule has 0 spiro atoms. The smallest absolute Gasteiger partial charge is 0.255 e. The fourth-order valence-corrected chi connectivity index (χ4v) is 6.16. The Labute approximate surface area is 185 Å². The lowest BCUT2D eigenvalue weighted by molar-refractivity contribution is 0.0757. The number of amides is 1. The maximum Gasteiger partial charge on any atom is 0.255 e. The first kappa shape index (κ1) is 22.0. The standard InChI is InChI=1S/C24H31N3O3S/c28-24(26-15-9-14-25(18-19-26)20-21-10-3-1-4-11-21)22-12-5-6-13-23(22)31(29,30)27-16-7-2-8-17-27/h1,3-6,10-13H,2,7-9,14-20H2. The van der Waals surface area contributed by atoms with Gasteiger partial charge in [-0.05, 0) is 37.0 Å². The van der Waals surface area contributed by atoms with Crippen molar-refractivity contribution in [1.29, 1.82) is 0 Å². The Morgan fingerprint density at radius 2 is 1.45 bits per heavy atom. The molecule has 2 aromatic rings. The van der Waals surface area contributed by atoms with Crippen LogP contribution in [0.4, 0.5) is 0 Å². The molecule has 0 aliphatic carbocycles. The quantitative estimate of drug-likeness (QED) is 0.715. The molecular weight excluding hydrogens is 410 g/mol. The van der Waals surface area contributed by atoms with E-state index < -0.39 is 10.0 Å². The van der Waals surface area contributed by atoms with Crippen molar-refractivity contribution < 1.29 is 13.2 Å². The Morgan fingerprint density at radius 3 is 2.23 bits per heavy atom. The summed E-state index contributed by atoms with van der Waals surface area (Å²) in [5, 5.41) is 0. The fourth-order valence-electron chi connectivity index (χ4n) is 4.46. The molecule has 31 heavy (non-hydrogen) atoms. The summed E-state index contributed by atoms with van der Waals surface area (Å²) in [7, 11) is -3.66. The van der Waals surface area contributed by atoms with Crippen LogP contribution in [-0.4, -0.2) is 67.7 Å². The van der Waals surface area contributed by atoms with E-state index in [2.05, 4.69) is 17.0 Å². The van der Waals surface area contributed by atoms with Gasteiger partial charge in [0.1, 0.15) is 0 Å². The van der Waals surface area contributed by atoms with Crippen LogP contribution < -0.4 is 0 Å². The van der Waals surface area contributed by atoms with Crippen LogP contribution >= 0.6 is 0 Å². The molecule has 2 aliphatic heterocycles. The number of piperidine rings is 1. The maximum absolute atomic E-state index is 13.4. The topological polar surface area (TPSA) is 60.9 Å². The van der Waals surface area contributed by atoms with Gasteiger partial charge in [-0.2, -0.15) is 4.31 Å². The van der Waals surface area contributed by atoms with Crippen LogP contribution in [0.25, 0.3) is 0 Å². The Bertz CT molecular complexity index is 988. The minimum Gasteiger partial charge on any atom is -0.337 e. The number of hydrogen-bond donors (Lipinski definition) is 0. The van der Waals surface area contributed by atoms with E-state index in [1.807, 2.05) is 23.1 Å². The van der Waals surface area contributed by atoms with E-state index in [4.69, 9.17) is 0 Å². The number of benzene rings is 2. The minimum atomic E-state index is -3.66. The molecule has 2 aliphatic rings. The van der Waals surface area contributed by atoms with Gasteiger partial charge in [-0.15, -0.1) is 0 Å². The molecule has 166 valence electrons. The van der Waals surface area contributed by atoms with Gasteiger partial charge in [0.05, 0.1) is 10.5 Å². The minimum absolute atomic E-state index is 0.146. The highest BCUT2D eigenvalue weighted by molar-refractivity contribution is 7.89. The van der Waals surface area contributed by atoms with Gasteiger partial charge >= 0.3 is 0 Å². The summed E-state index contributed by atoms with van der Waals surface area (Å²) in [5.41, 5.74) is 1.56. The molecule has 0 unspecified atom stereocenters. The molecule has 0 aromatic heterocycles. The van der Waals surface area contributed by atoms with Gasteiger partial charge < -0.3 is 4.90 Å². The van der Waals surface area contributed by atoms with E-state index in [1.54, 1.807) is 24.3 Å². The van der Waals surface area contributed by atoms with E-state index >= 15 is 0 Å². The zero-order valence-corrected chi connectivity index (χ0v) is 18.8. The van der Waals surface area contributed by atoms with Crippen LogP contribution in [0.15, 0.2) is 59.5 Å². The summed E-state index contributed by atoms with van der Waals surface area (Å²) in [6.45, 7) is 4.87. The van der Waals surface area contributed by atoms with E-state index in [9.17, 15) is 13.2 Å². The molecule has 2 fully saturated rings. The maximum atomic E-state index is 13.4. The van der Waals surface area contributed by atoms with Gasteiger partial charge in [0, 0.05) is 45.8 Å². The van der Waals surface area contributed by atoms with Gasteiger partial charge in [-0.1, -0.05) is 48.9 Å². The summed E-state index contributed by atoms with van der Waals surface area (Å²) < 4.78 is 28.1. The predicted octanol–water partition coefficient (Wildman–Crippen LogP) is 3.21. The molecule has 2 aromatic carbocycles. The first-order chi connectivity index (χ1) is 15.1. The van der Waals surface area contributed by atoms with Gasteiger partial charge in [-0.3, -0.25) is 9.69 Å². The van der Waals surface area contributed by atoms with Crippen molar-refractivity contribution in [2.75, 3.05) is 39.3 Å². The fraction of sp³-hybridized carbons (Fsp3) is 0.458. The third-order valence-electron chi connectivity index (χ3n) is 6.18. The van der Waals surface area contributed by atoms with Crippen molar-refractivity contribution in [3.63, 3.8) is 0 Å². The second kappa shape index (κ2) is 9.94. The third kappa shape index (κ3) is 5.17. The summed E-state index contributed by atoms with van der Waals surface area (Å²) >= 11 is 0. The number of rotatable bonds is 5. The largest absolute Gasteiger partial charge is 0.337 e. The first-order valence-corrected chi connectivity index (χ1v) is 12.6. The molecule has 4 rings (SSSR count). The molecule has 1 amide bonds. The monoisotopic (exact) mass is 441 g/mol. The highest BCUT2D eigenvalue weighted by atomic mass is 32.2. The van der Waals surface area contributed by atoms with E-state index in [0.717, 1.165) is 45.3 Å². The van der Waals surface area contributed by atoms with Crippen molar-refractivity contribution in [3.8, 4) is 0 Å². The highest BCUT2D eigenvalue weighted by Crippen LogP contribution is 2.25. The summed E-state index contributed by atoms with van der Waals surface area (Å²) in [5.74, 6) is -0.183. The number of sulfonamides is 1. The van der Waals surface area contributed by atoms with Crippen LogP contribution in [-0.2, 0) is 16.6 Å². The molecule has 0 atom stereocenters. The number of nitrogens with zero attached hydrogens (tertiary/aromatic N) is 3. The van der Waals surface area contributed by atoms with Crippen LogP contribution in [0.1, 0.15) is 41.6 Å². The van der Waals surface area contributed by atoms with E-state index in [-0.39, 0.29) is 10.8 Å². The van der Waals surface area contributed by atoms with E-state index in [0.29, 0.717) is 31.7 Å². The molecule has 0 bridgehead atoms. The summed E-state index contributed by atoms with van der Waals surface area (Å²) in [6.07, 6.45) is 3.68. The van der Waals surface area contributed by atoms with Crippen molar-refractivity contribution in [2.24, 2.45) is 0 Å². The number of carbonyl (C=O) groups is 1. The zero-order chi connectivity index (χ0) is 21.7. The Balaban J connectivity index is 1.48. The lowest BCUT2D eigenvalue weighted by Gasteiger charge is -2.28. The van der Waals surface area contributed by atoms with Gasteiger partial charge in [0.2, 0.25) is 10.0 Å². The molecule has 0 radical (unpaired) electrons. The van der Waals surface area contributed by atoms with Gasteiger partial charge in [0.25, 0.3) is 5.91 Å². The first-order valence-electron chi connectivity index (χ1n) is 11.2. The molecule has 6 nitrogen and oxygen atoms in total. The second-order valence-electron chi connectivity index (χ2n) is 8.37. The number of hydrogen-bond acceptors (Lipinski definition) is 4. The summed E-state index contributed by atoms with van der Waals surface area (Å²) in [4.78, 5) is 17.7. The molecular formula is C24H31N3O3S. The predicted molar refractivity (Wildman–Crippen MR) is 121 cm³/mol. The Kier molecular flexibility index (Phi) is 7.05. The van der Waals surface area contributed by atoms with Crippen LogP contribution in [0.3, 0.4) is 0 Å². The van der Waals surface area contributed by atoms with Gasteiger partial charge in [0.15, 0.2) is 0 Å². The lowest BCUT2D eigenvalue weighted by atomic mass is 10.2. The van der Waals surface area contributed by atoms with Crippen molar-refractivity contribution >= 4 is 15.9 Å². The molecule has 0 N–H and O–H groups in total. The van der Waals surface area contributed by atoms with Crippen molar-refractivity contribution in [3.05, 3.63) is 65.7 Å². The average Bonchev–Trinajstić information content (AvgIpc) is 3.05. The van der Waals surface area contributed by atoms with Crippen LogP contribution in [0.5, 0.6) is 0 Å². The highest BCUT2D eigenvalue weighted by Gasteiger charge is 2.31. The molecule has 0 saturated carbocycles. The Hall–Kier alpha value is -2.22. The molecule has 7 heteroatoms. The number of carbonyl (C=O) groups excluding carboxylic acids is 1. The van der Waals surface area contributed by atoms with Gasteiger partial charge in [-0.25, -0.2) is 8.42 Å². The second-order valence-corrected chi connectivity index (χ2v) is 10.3. The van der Waals surface area contributed by atoms with Crippen LogP contribution in [0.2, 0.25) is 0 Å². The van der Waals surface area contributed by atoms with Crippen LogP contribution in [0, 0.1) is 0 Å². The van der Waals surface area contributed by atoms with Crippen molar-refractivity contribution in [2.45, 2.75) is 37.1 Å². The van der Waals surface area contributed by atoms with E-state index in [1.165, 1.54) is 9.87 Å². The average molecular weight is 442 g/mol. The molecule has 2 heterocycles. The lowest BCUT2D eigenvalue weighted by Crippen LogP contribution is -2.38.